The summed E-state index contributed by atoms with van der Waals surface area (Å²) in [5.41, 5.74) is 0.754. The number of hydrogen-bond donors (Lipinski definition) is 0. The Balaban J connectivity index is 1.36. The number of halogens is 2. The van der Waals surface area contributed by atoms with Gasteiger partial charge in [0.25, 0.3) is 0 Å². The molecule has 2 aliphatic rings. The summed E-state index contributed by atoms with van der Waals surface area (Å²) in [5, 5.41) is 0.184. The fourth-order valence-corrected chi connectivity index (χ4v) is 4.88. The molecular formula is C23H34ClFO. The summed E-state index contributed by atoms with van der Waals surface area (Å²) >= 11 is 5.98. The molecule has 1 nitrogen and oxygen atoms in total. The van der Waals surface area contributed by atoms with Crippen LogP contribution in [0, 0.1) is 36.4 Å². The number of aryl methyl sites for hydroxylation is 1. The molecule has 0 amide bonds. The van der Waals surface area contributed by atoms with E-state index in [1.54, 1.807) is 6.07 Å². The Morgan fingerprint density at radius 2 is 1.46 bits per heavy atom. The van der Waals surface area contributed by atoms with Crippen LogP contribution < -0.4 is 4.74 Å². The van der Waals surface area contributed by atoms with Crippen molar-refractivity contribution in [2.45, 2.75) is 78.1 Å². The Hall–Kier alpha value is -0.760. The molecule has 0 heterocycles. The van der Waals surface area contributed by atoms with Gasteiger partial charge in [0.05, 0.1) is 11.6 Å². The minimum atomic E-state index is -0.415. The van der Waals surface area contributed by atoms with Gasteiger partial charge in [-0.2, -0.15) is 0 Å². The molecule has 0 N–H and O–H groups in total. The van der Waals surface area contributed by atoms with Crippen molar-refractivity contribution in [1.82, 2.24) is 0 Å². The monoisotopic (exact) mass is 380 g/mol. The Labute approximate surface area is 163 Å². The molecule has 0 radical (unpaired) electrons. The van der Waals surface area contributed by atoms with Crippen LogP contribution in [0.25, 0.3) is 0 Å². The Morgan fingerprint density at radius 1 is 0.923 bits per heavy atom. The highest BCUT2D eigenvalue weighted by Crippen LogP contribution is 2.37. The lowest BCUT2D eigenvalue weighted by Gasteiger charge is -2.31. The maximum Gasteiger partial charge on any atom is 0.183 e. The highest BCUT2D eigenvalue weighted by Gasteiger charge is 2.24. The summed E-state index contributed by atoms with van der Waals surface area (Å²) in [7, 11) is 0. The van der Waals surface area contributed by atoms with Gasteiger partial charge >= 0.3 is 0 Å². The van der Waals surface area contributed by atoms with Crippen LogP contribution >= 0.6 is 11.6 Å². The standard InChI is InChI=1S/C23H34ClFO/c1-16-3-6-18(7-4-16)8-9-19-10-12-20(13-11-19)15-26-21-14-5-17(2)22(24)23(21)25/h5,14,16,18-20H,3-4,6-13,15H2,1-2H3. The van der Waals surface area contributed by atoms with Crippen LogP contribution in [-0.2, 0) is 0 Å². The van der Waals surface area contributed by atoms with E-state index in [0.29, 0.717) is 18.3 Å². The smallest absolute Gasteiger partial charge is 0.183 e. The molecule has 2 aliphatic carbocycles. The number of hydrogen-bond acceptors (Lipinski definition) is 1. The van der Waals surface area contributed by atoms with Gasteiger partial charge in [-0.3, -0.25) is 0 Å². The second-order valence-electron chi connectivity index (χ2n) is 8.91. The van der Waals surface area contributed by atoms with Gasteiger partial charge in [0, 0.05) is 0 Å². The zero-order valence-electron chi connectivity index (χ0n) is 16.4. The molecule has 2 saturated carbocycles. The van der Waals surface area contributed by atoms with Gasteiger partial charge in [0.2, 0.25) is 0 Å². The highest BCUT2D eigenvalue weighted by atomic mass is 35.5. The zero-order valence-corrected chi connectivity index (χ0v) is 17.2. The van der Waals surface area contributed by atoms with E-state index in [-0.39, 0.29) is 5.02 Å². The molecule has 2 fully saturated rings. The van der Waals surface area contributed by atoms with Gasteiger partial charge in [0.15, 0.2) is 11.6 Å². The zero-order chi connectivity index (χ0) is 18.5. The van der Waals surface area contributed by atoms with E-state index in [0.717, 1.165) is 23.3 Å². The molecule has 1 aromatic carbocycles. The number of benzene rings is 1. The van der Waals surface area contributed by atoms with Crippen molar-refractivity contribution >= 4 is 11.6 Å². The Morgan fingerprint density at radius 3 is 2.08 bits per heavy atom. The maximum atomic E-state index is 14.1. The molecule has 1 aromatic rings. The fourth-order valence-electron chi connectivity index (χ4n) is 4.72. The second kappa shape index (κ2) is 9.44. The molecule has 146 valence electrons. The van der Waals surface area contributed by atoms with Crippen molar-refractivity contribution in [1.29, 1.82) is 0 Å². The van der Waals surface area contributed by atoms with Crippen molar-refractivity contribution in [2.24, 2.45) is 23.7 Å². The first kappa shape index (κ1) is 20.0. The Bertz CT molecular complexity index is 572. The van der Waals surface area contributed by atoms with Crippen LogP contribution in [0.15, 0.2) is 12.1 Å². The third-order valence-electron chi connectivity index (χ3n) is 6.80. The first-order chi connectivity index (χ1) is 12.5. The van der Waals surface area contributed by atoms with E-state index < -0.39 is 5.82 Å². The maximum absolute atomic E-state index is 14.1. The van der Waals surface area contributed by atoms with E-state index in [9.17, 15) is 4.39 Å². The summed E-state index contributed by atoms with van der Waals surface area (Å²) in [6.45, 7) is 4.82. The molecule has 0 unspecified atom stereocenters. The molecular weight excluding hydrogens is 347 g/mol. The van der Waals surface area contributed by atoms with Gasteiger partial charge in [-0.1, -0.05) is 76.0 Å². The minimum Gasteiger partial charge on any atom is -0.490 e. The lowest BCUT2D eigenvalue weighted by Crippen LogP contribution is -2.21. The predicted octanol–water partition coefficient (Wildman–Crippen LogP) is 7.58. The lowest BCUT2D eigenvalue weighted by molar-refractivity contribution is 0.167. The van der Waals surface area contributed by atoms with Crippen LogP contribution in [0.2, 0.25) is 5.02 Å². The molecule has 26 heavy (non-hydrogen) atoms. The third kappa shape index (κ3) is 5.38. The van der Waals surface area contributed by atoms with Crippen LogP contribution in [-0.4, -0.2) is 6.61 Å². The van der Waals surface area contributed by atoms with Crippen LogP contribution in [0.1, 0.15) is 76.7 Å². The molecule has 3 rings (SSSR count). The second-order valence-corrected chi connectivity index (χ2v) is 9.29. The van der Waals surface area contributed by atoms with E-state index in [1.165, 1.54) is 64.2 Å². The SMILES string of the molecule is Cc1ccc(OCC2CCC(CCC3CCC(C)CC3)CC2)c(F)c1Cl. The van der Waals surface area contributed by atoms with E-state index in [4.69, 9.17) is 16.3 Å². The normalized spacial score (nSPS) is 29.5. The number of ether oxygens (including phenoxy) is 1. The molecule has 0 saturated heterocycles. The highest BCUT2D eigenvalue weighted by molar-refractivity contribution is 6.31. The molecule has 0 bridgehead atoms. The van der Waals surface area contributed by atoms with Gasteiger partial charge in [-0.25, -0.2) is 4.39 Å². The predicted molar refractivity (Wildman–Crippen MR) is 107 cm³/mol. The topological polar surface area (TPSA) is 9.23 Å². The van der Waals surface area contributed by atoms with Crippen molar-refractivity contribution < 1.29 is 9.13 Å². The quantitative estimate of drug-likeness (QED) is 0.494. The molecule has 3 heteroatoms. The summed E-state index contributed by atoms with van der Waals surface area (Å²) < 4.78 is 19.9. The molecule has 0 spiro atoms. The Kier molecular flexibility index (Phi) is 7.26. The van der Waals surface area contributed by atoms with Gasteiger partial charge in [-0.15, -0.1) is 0 Å². The average molecular weight is 381 g/mol. The van der Waals surface area contributed by atoms with Crippen LogP contribution in [0.5, 0.6) is 5.75 Å². The van der Waals surface area contributed by atoms with Crippen molar-refractivity contribution in [2.75, 3.05) is 6.61 Å². The van der Waals surface area contributed by atoms with Gasteiger partial charge in [-0.05, 0) is 55.1 Å². The van der Waals surface area contributed by atoms with Gasteiger partial charge < -0.3 is 4.74 Å². The van der Waals surface area contributed by atoms with Crippen molar-refractivity contribution in [3.05, 3.63) is 28.5 Å². The van der Waals surface area contributed by atoms with Crippen LogP contribution in [0.4, 0.5) is 4.39 Å². The largest absolute Gasteiger partial charge is 0.490 e. The number of rotatable bonds is 6. The summed E-state index contributed by atoms with van der Waals surface area (Å²) in [5.74, 6) is 3.28. The average Bonchev–Trinajstić information content (AvgIpc) is 2.66. The lowest BCUT2D eigenvalue weighted by atomic mass is 9.76. The van der Waals surface area contributed by atoms with Crippen molar-refractivity contribution in [3.63, 3.8) is 0 Å². The van der Waals surface area contributed by atoms with Crippen LogP contribution in [0.3, 0.4) is 0 Å². The molecule has 0 aliphatic heterocycles. The summed E-state index contributed by atoms with van der Waals surface area (Å²) in [6, 6.07) is 3.52. The molecule has 0 aromatic heterocycles. The first-order valence-electron chi connectivity index (χ1n) is 10.6. The minimum absolute atomic E-state index is 0.184. The summed E-state index contributed by atoms with van der Waals surface area (Å²) in [6.07, 6.45) is 13.7. The van der Waals surface area contributed by atoms with E-state index >= 15 is 0 Å². The summed E-state index contributed by atoms with van der Waals surface area (Å²) in [4.78, 5) is 0. The van der Waals surface area contributed by atoms with Crippen molar-refractivity contribution in [3.8, 4) is 5.75 Å². The van der Waals surface area contributed by atoms with Gasteiger partial charge in [0.1, 0.15) is 0 Å². The third-order valence-corrected chi connectivity index (χ3v) is 7.26. The van der Waals surface area contributed by atoms with E-state index in [2.05, 4.69) is 6.92 Å². The van der Waals surface area contributed by atoms with E-state index in [1.807, 2.05) is 13.0 Å². The fraction of sp³-hybridized carbons (Fsp3) is 0.739. The first-order valence-corrected chi connectivity index (χ1v) is 11.0. The molecule has 0 atom stereocenters.